The number of anilines is 1. The fraction of sp³-hybridized carbons (Fsp3) is 0.316. The van der Waals surface area contributed by atoms with E-state index in [1.807, 2.05) is 6.92 Å². The molecule has 0 spiro atoms. The van der Waals surface area contributed by atoms with E-state index >= 15 is 0 Å². The minimum atomic E-state index is -0.355. The second-order valence-corrected chi connectivity index (χ2v) is 6.51. The molecule has 0 aliphatic carbocycles. The van der Waals surface area contributed by atoms with Gasteiger partial charge >= 0.3 is 0 Å². The molecule has 152 valence electrons. The molecule has 2 aromatic heterocycles. The first-order chi connectivity index (χ1) is 13.8. The topological polar surface area (TPSA) is 115 Å². The molecule has 0 saturated heterocycles. The van der Waals surface area contributed by atoms with Gasteiger partial charge in [0.05, 0.1) is 23.6 Å². The molecule has 10 heteroatoms. The Morgan fingerprint density at radius 3 is 2.55 bits per heavy atom. The Labute approximate surface area is 166 Å². The number of nitrogens with zero attached hydrogens (tertiary/aromatic N) is 4. The molecule has 0 radical (unpaired) electrons. The maximum Gasteiger partial charge on any atom is 0.243 e. The summed E-state index contributed by atoms with van der Waals surface area (Å²) >= 11 is 0. The number of rotatable bonds is 7. The minimum absolute atomic E-state index is 0.0866. The van der Waals surface area contributed by atoms with Crippen molar-refractivity contribution in [3.8, 4) is 11.4 Å². The van der Waals surface area contributed by atoms with Crippen molar-refractivity contribution in [3.63, 3.8) is 0 Å². The van der Waals surface area contributed by atoms with Crippen molar-refractivity contribution < 1.29 is 18.5 Å². The average Bonchev–Trinajstić information content (AvgIpc) is 3.26. The van der Waals surface area contributed by atoms with Crippen LogP contribution in [0.2, 0.25) is 0 Å². The predicted octanol–water partition coefficient (Wildman–Crippen LogP) is 1.91. The molecule has 0 saturated carbocycles. The van der Waals surface area contributed by atoms with Crippen LogP contribution in [0, 0.1) is 19.7 Å². The Hall–Kier alpha value is -3.56. The molecule has 0 atom stereocenters. The summed E-state index contributed by atoms with van der Waals surface area (Å²) in [6.45, 7) is 3.49. The third kappa shape index (κ3) is 5.03. The monoisotopic (exact) mass is 400 g/mol. The zero-order valence-corrected chi connectivity index (χ0v) is 16.3. The van der Waals surface area contributed by atoms with Crippen LogP contribution >= 0.6 is 0 Å². The second-order valence-electron chi connectivity index (χ2n) is 6.51. The Morgan fingerprint density at radius 2 is 1.90 bits per heavy atom. The first kappa shape index (κ1) is 20.2. The fourth-order valence-corrected chi connectivity index (χ4v) is 2.70. The number of aryl methyl sites for hydroxylation is 3. The van der Waals surface area contributed by atoms with Gasteiger partial charge in [-0.2, -0.15) is 10.1 Å². The molecular formula is C19H21FN6O3. The van der Waals surface area contributed by atoms with E-state index in [-0.39, 0.29) is 42.9 Å². The molecule has 0 unspecified atom stereocenters. The van der Waals surface area contributed by atoms with Gasteiger partial charge in [0.15, 0.2) is 0 Å². The van der Waals surface area contributed by atoms with E-state index in [1.54, 1.807) is 30.8 Å². The van der Waals surface area contributed by atoms with Gasteiger partial charge in [-0.1, -0.05) is 5.16 Å². The van der Waals surface area contributed by atoms with Gasteiger partial charge in [0.1, 0.15) is 5.82 Å². The maximum atomic E-state index is 13.0. The van der Waals surface area contributed by atoms with Gasteiger partial charge in [0.2, 0.25) is 23.5 Å². The van der Waals surface area contributed by atoms with Crippen molar-refractivity contribution in [2.75, 3.05) is 11.9 Å². The molecule has 3 rings (SSSR count). The number of benzene rings is 1. The van der Waals surface area contributed by atoms with Crippen LogP contribution in [0.4, 0.5) is 10.1 Å². The SMILES string of the molecule is Cc1nn(C)c(C)c1NC(=O)CNC(=O)CCc1nc(-c2ccc(F)cc2)no1. The maximum absolute atomic E-state index is 13.0. The summed E-state index contributed by atoms with van der Waals surface area (Å²) in [7, 11) is 1.79. The third-order valence-corrected chi connectivity index (χ3v) is 4.36. The Bertz CT molecular complexity index is 1030. The van der Waals surface area contributed by atoms with Crippen LogP contribution in [-0.2, 0) is 23.1 Å². The number of carbonyl (C=O) groups excluding carboxylic acids is 2. The van der Waals surface area contributed by atoms with Crippen LogP contribution in [0.15, 0.2) is 28.8 Å². The Morgan fingerprint density at radius 1 is 1.17 bits per heavy atom. The minimum Gasteiger partial charge on any atom is -0.347 e. The van der Waals surface area contributed by atoms with Gasteiger partial charge in [-0.15, -0.1) is 0 Å². The zero-order chi connectivity index (χ0) is 21.0. The molecule has 0 bridgehead atoms. The summed E-state index contributed by atoms with van der Waals surface area (Å²) in [5.41, 5.74) is 2.79. The van der Waals surface area contributed by atoms with E-state index in [4.69, 9.17) is 4.52 Å². The third-order valence-electron chi connectivity index (χ3n) is 4.36. The summed E-state index contributed by atoms with van der Waals surface area (Å²) in [5.74, 6) is -0.408. The van der Waals surface area contributed by atoms with E-state index in [0.717, 1.165) is 5.69 Å². The van der Waals surface area contributed by atoms with Crippen LogP contribution in [-0.4, -0.2) is 38.3 Å². The highest BCUT2D eigenvalue weighted by atomic mass is 19.1. The molecule has 2 amide bonds. The summed E-state index contributed by atoms with van der Waals surface area (Å²) in [6.07, 6.45) is 0.311. The number of halogens is 1. The molecule has 2 N–H and O–H groups in total. The van der Waals surface area contributed by atoms with E-state index < -0.39 is 0 Å². The lowest BCUT2D eigenvalue weighted by atomic mass is 10.2. The summed E-state index contributed by atoms with van der Waals surface area (Å²) in [4.78, 5) is 28.2. The van der Waals surface area contributed by atoms with Crippen LogP contribution < -0.4 is 10.6 Å². The highest BCUT2D eigenvalue weighted by Gasteiger charge is 2.14. The van der Waals surface area contributed by atoms with E-state index in [1.165, 1.54) is 12.1 Å². The lowest BCUT2D eigenvalue weighted by Gasteiger charge is -2.07. The van der Waals surface area contributed by atoms with Crippen molar-refractivity contribution in [2.24, 2.45) is 7.05 Å². The van der Waals surface area contributed by atoms with Gasteiger partial charge in [-0.05, 0) is 38.1 Å². The molecule has 9 nitrogen and oxygen atoms in total. The molecule has 0 fully saturated rings. The molecule has 3 aromatic rings. The molecule has 1 aromatic carbocycles. The Balaban J connectivity index is 1.45. The number of hydrogen-bond acceptors (Lipinski definition) is 6. The average molecular weight is 400 g/mol. The zero-order valence-electron chi connectivity index (χ0n) is 16.3. The van der Waals surface area contributed by atoms with Gasteiger partial charge in [-0.3, -0.25) is 14.3 Å². The van der Waals surface area contributed by atoms with E-state index in [9.17, 15) is 14.0 Å². The number of aromatic nitrogens is 4. The lowest BCUT2D eigenvalue weighted by Crippen LogP contribution is -2.33. The fourth-order valence-electron chi connectivity index (χ4n) is 2.70. The quantitative estimate of drug-likeness (QED) is 0.626. The first-order valence-electron chi connectivity index (χ1n) is 8.98. The molecule has 29 heavy (non-hydrogen) atoms. The van der Waals surface area contributed by atoms with Crippen molar-refractivity contribution in [2.45, 2.75) is 26.7 Å². The van der Waals surface area contributed by atoms with E-state index in [2.05, 4.69) is 25.9 Å². The molecule has 0 aliphatic rings. The summed E-state index contributed by atoms with van der Waals surface area (Å²) in [5, 5.41) is 13.3. The molecular weight excluding hydrogens is 379 g/mol. The van der Waals surface area contributed by atoms with Gasteiger partial charge in [0.25, 0.3) is 0 Å². The van der Waals surface area contributed by atoms with Gasteiger partial charge < -0.3 is 15.2 Å². The van der Waals surface area contributed by atoms with Crippen LogP contribution in [0.5, 0.6) is 0 Å². The van der Waals surface area contributed by atoms with Crippen molar-refractivity contribution in [1.29, 1.82) is 0 Å². The number of amides is 2. The molecule has 2 heterocycles. The lowest BCUT2D eigenvalue weighted by molar-refractivity contribution is -0.124. The highest BCUT2D eigenvalue weighted by molar-refractivity contribution is 5.95. The summed E-state index contributed by atoms with van der Waals surface area (Å²) in [6, 6.07) is 5.69. The van der Waals surface area contributed by atoms with E-state index in [0.29, 0.717) is 22.8 Å². The standard InChI is InChI=1S/C19H21FN6O3/c1-11-18(12(2)26(3)24-11)22-16(28)10-21-15(27)8-9-17-23-19(25-29-17)13-4-6-14(20)7-5-13/h4-7H,8-10H2,1-3H3,(H,21,27)(H,22,28). The van der Waals surface area contributed by atoms with Crippen molar-refractivity contribution in [1.82, 2.24) is 25.2 Å². The van der Waals surface area contributed by atoms with Crippen LogP contribution in [0.25, 0.3) is 11.4 Å². The first-order valence-corrected chi connectivity index (χ1v) is 8.98. The summed E-state index contributed by atoms with van der Waals surface area (Å²) < 4.78 is 19.8. The number of nitrogens with one attached hydrogen (secondary N) is 2. The predicted molar refractivity (Wildman–Crippen MR) is 102 cm³/mol. The molecule has 0 aliphatic heterocycles. The normalized spacial score (nSPS) is 10.8. The number of carbonyl (C=O) groups is 2. The largest absolute Gasteiger partial charge is 0.347 e. The van der Waals surface area contributed by atoms with Crippen LogP contribution in [0.3, 0.4) is 0 Å². The van der Waals surface area contributed by atoms with Gasteiger partial charge in [0, 0.05) is 25.5 Å². The number of hydrogen-bond donors (Lipinski definition) is 2. The van der Waals surface area contributed by atoms with Crippen molar-refractivity contribution in [3.05, 3.63) is 47.4 Å². The van der Waals surface area contributed by atoms with Crippen LogP contribution in [0.1, 0.15) is 23.7 Å². The van der Waals surface area contributed by atoms with Gasteiger partial charge in [-0.25, -0.2) is 4.39 Å². The Kier molecular flexibility index (Phi) is 6.01. The second kappa shape index (κ2) is 8.63. The van der Waals surface area contributed by atoms with Crippen molar-refractivity contribution >= 4 is 17.5 Å². The smallest absolute Gasteiger partial charge is 0.243 e. The highest BCUT2D eigenvalue weighted by Crippen LogP contribution is 2.18.